The monoisotopic (exact) mass is 336 g/mol. The number of likely N-dealkylation sites (tertiary alicyclic amines) is 1. The lowest BCUT2D eigenvalue weighted by atomic mass is 10.0. The second-order valence-corrected chi connectivity index (χ2v) is 6.71. The van der Waals surface area contributed by atoms with Gasteiger partial charge in [-0.15, -0.1) is 0 Å². The summed E-state index contributed by atoms with van der Waals surface area (Å²) in [7, 11) is 2.19. The summed E-state index contributed by atoms with van der Waals surface area (Å²) < 4.78 is 7.04. The van der Waals surface area contributed by atoms with Crippen LogP contribution in [0.1, 0.15) is 31.6 Å². The lowest BCUT2D eigenvalue weighted by molar-refractivity contribution is 0.223. The minimum Gasteiger partial charge on any atom is -0.459 e. The smallest absolute Gasteiger partial charge is 0.134 e. The van der Waals surface area contributed by atoms with E-state index in [2.05, 4.69) is 52.3 Å². The van der Waals surface area contributed by atoms with Crippen LogP contribution in [0.15, 0.2) is 33.2 Å². The van der Waals surface area contributed by atoms with E-state index in [1.54, 1.807) is 0 Å². The Hall–Kier alpha value is -0.840. The maximum atomic E-state index is 5.95. The molecule has 0 radical (unpaired) electrons. The summed E-state index contributed by atoms with van der Waals surface area (Å²) in [5, 5.41) is 4.86. The average Bonchev–Trinajstić information content (AvgIpc) is 2.84. The molecule has 0 amide bonds. The van der Waals surface area contributed by atoms with Crippen molar-refractivity contribution in [3.63, 3.8) is 0 Å². The van der Waals surface area contributed by atoms with Crippen molar-refractivity contribution in [3.05, 3.63) is 34.5 Å². The molecule has 1 atom stereocenters. The van der Waals surface area contributed by atoms with Gasteiger partial charge < -0.3 is 14.6 Å². The van der Waals surface area contributed by atoms with E-state index in [0.29, 0.717) is 6.04 Å². The summed E-state index contributed by atoms with van der Waals surface area (Å²) in [4.78, 5) is 2.39. The van der Waals surface area contributed by atoms with E-state index < -0.39 is 0 Å². The first-order valence-electron chi connectivity index (χ1n) is 7.25. The van der Waals surface area contributed by atoms with Crippen molar-refractivity contribution in [2.24, 2.45) is 0 Å². The molecular weight excluding hydrogens is 316 g/mol. The highest BCUT2D eigenvalue weighted by atomic mass is 79.9. The van der Waals surface area contributed by atoms with Gasteiger partial charge in [-0.1, -0.05) is 15.9 Å². The zero-order valence-electron chi connectivity index (χ0n) is 12.0. The van der Waals surface area contributed by atoms with Crippen LogP contribution in [0, 0.1) is 0 Å². The van der Waals surface area contributed by atoms with Crippen molar-refractivity contribution >= 4 is 26.9 Å². The standard InChI is InChI=1S/C16H21BrN2O/c1-11(18-14-5-7-19(2)8-6-14)16-10-12-9-13(17)3-4-15(12)20-16/h3-4,9-11,14,18H,5-8H2,1-2H3. The second-order valence-electron chi connectivity index (χ2n) is 5.80. The van der Waals surface area contributed by atoms with Crippen LogP contribution in [-0.2, 0) is 0 Å². The van der Waals surface area contributed by atoms with E-state index in [9.17, 15) is 0 Å². The van der Waals surface area contributed by atoms with Crippen LogP contribution in [0.2, 0.25) is 0 Å². The number of halogens is 1. The molecule has 0 aliphatic carbocycles. The molecule has 2 aromatic rings. The molecule has 2 heterocycles. The van der Waals surface area contributed by atoms with Crippen molar-refractivity contribution < 1.29 is 4.42 Å². The molecule has 4 heteroatoms. The normalized spacial score (nSPS) is 19.6. The molecule has 20 heavy (non-hydrogen) atoms. The van der Waals surface area contributed by atoms with E-state index in [0.717, 1.165) is 21.2 Å². The van der Waals surface area contributed by atoms with Gasteiger partial charge >= 0.3 is 0 Å². The van der Waals surface area contributed by atoms with Gasteiger partial charge in [-0.3, -0.25) is 0 Å². The summed E-state index contributed by atoms with van der Waals surface area (Å²) in [5.74, 6) is 1.03. The van der Waals surface area contributed by atoms with Gasteiger partial charge in [0.05, 0.1) is 6.04 Å². The maximum absolute atomic E-state index is 5.95. The fourth-order valence-electron chi connectivity index (χ4n) is 2.86. The van der Waals surface area contributed by atoms with Crippen LogP contribution in [0.3, 0.4) is 0 Å². The average molecular weight is 337 g/mol. The van der Waals surface area contributed by atoms with E-state index in [-0.39, 0.29) is 6.04 Å². The Kier molecular flexibility index (Phi) is 4.15. The first-order chi connectivity index (χ1) is 9.61. The summed E-state index contributed by atoms with van der Waals surface area (Å²) in [6.45, 7) is 4.54. The number of hydrogen-bond acceptors (Lipinski definition) is 3. The van der Waals surface area contributed by atoms with E-state index in [4.69, 9.17) is 4.42 Å². The highest BCUT2D eigenvalue weighted by Gasteiger charge is 2.20. The number of piperidine rings is 1. The largest absolute Gasteiger partial charge is 0.459 e. The van der Waals surface area contributed by atoms with Crippen LogP contribution in [-0.4, -0.2) is 31.1 Å². The predicted octanol–water partition coefficient (Wildman–Crippen LogP) is 3.94. The number of nitrogens with zero attached hydrogens (tertiary/aromatic N) is 1. The molecule has 0 saturated carbocycles. The third kappa shape index (κ3) is 3.08. The summed E-state index contributed by atoms with van der Waals surface area (Å²) in [6, 6.07) is 9.14. The van der Waals surface area contributed by atoms with Crippen LogP contribution in [0.5, 0.6) is 0 Å². The Balaban J connectivity index is 1.70. The van der Waals surface area contributed by atoms with Gasteiger partial charge in [0.25, 0.3) is 0 Å². The Labute approximate surface area is 128 Å². The van der Waals surface area contributed by atoms with Gasteiger partial charge in [-0.25, -0.2) is 0 Å². The summed E-state index contributed by atoms with van der Waals surface area (Å²) in [6.07, 6.45) is 2.43. The fourth-order valence-corrected chi connectivity index (χ4v) is 3.24. The predicted molar refractivity (Wildman–Crippen MR) is 86.0 cm³/mol. The number of hydrogen-bond donors (Lipinski definition) is 1. The van der Waals surface area contributed by atoms with Crippen LogP contribution in [0.4, 0.5) is 0 Å². The molecule has 0 bridgehead atoms. The van der Waals surface area contributed by atoms with Gasteiger partial charge in [0.1, 0.15) is 11.3 Å². The zero-order chi connectivity index (χ0) is 14.1. The molecule has 1 aliphatic rings. The second kappa shape index (κ2) is 5.88. The van der Waals surface area contributed by atoms with E-state index in [1.165, 1.54) is 25.9 Å². The zero-order valence-corrected chi connectivity index (χ0v) is 13.6. The quantitative estimate of drug-likeness (QED) is 0.920. The number of fused-ring (bicyclic) bond motifs is 1. The first-order valence-corrected chi connectivity index (χ1v) is 8.05. The van der Waals surface area contributed by atoms with Crippen molar-refractivity contribution in [1.82, 2.24) is 10.2 Å². The van der Waals surface area contributed by atoms with Gasteiger partial charge in [-0.05, 0) is 64.2 Å². The molecule has 1 N–H and O–H groups in total. The van der Waals surface area contributed by atoms with Crippen LogP contribution in [0.25, 0.3) is 11.0 Å². The van der Waals surface area contributed by atoms with E-state index >= 15 is 0 Å². The Morgan fingerprint density at radius 2 is 2.05 bits per heavy atom. The molecule has 3 rings (SSSR count). The summed E-state index contributed by atoms with van der Waals surface area (Å²) in [5.41, 5.74) is 0.959. The molecule has 3 nitrogen and oxygen atoms in total. The lowest BCUT2D eigenvalue weighted by Gasteiger charge is -2.31. The molecule has 1 aliphatic heterocycles. The molecular formula is C16H21BrN2O. The lowest BCUT2D eigenvalue weighted by Crippen LogP contribution is -2.41. The topological polar surface area (TPSA) is 28.4 Å². The van der Waals surface area contributed by atoms with Crippen molar-refractivity contribution in [3.8, 4) is 0 Å². The number of benzene rings is 1. The molecule has 0 spiro atoms. The number of rotatable bonds is 3. The highest BCUT2D eigenvalue weighted by Crippen LogP contribution is 2.27. The van der Waals surface area contributed by atoms with Gasteiger partial charge in [0, 0.05) is 15.9 Å². The molecule has 1 saturated heterocycles. The molecule has 1 aromatic carbocycles. The third-order valence-corrected chi connectivity index (χ3v) is 4.62. The van der Waals surface area contributed by atoms with Crippen molar-refractivity contribution in [2.45, 2.75) is 31.8 Å². The highest BCUT2D eigenvalue weighted by molar-refractivity contribution is 9.10. The maximum Gasteiger partial charge on any atom is 0.134 e. The molecule has 108 valence electrons. The van der Waals surface area contributed by atoms with Gasteiger partial charge in [-0.2, -0.15) is 0 Å². The number of nitrogens with one attached hydrogen (secondary N) is 1. The summed E-state index contributed by atoms with van der Waals surface area (Å²) >= 11 is 3.50. The number of furan rings is 1. The minimum atomic E-state index is 0.259. The first kappa shape index (κ1) is 14.1. The SMILES string of the molecule is CC(NC1CCN(C)CC1)c1cc2cc(Br)ccc2o1. The van der Waals surface area contributed by atoms with E-state index in [1.807, 2.05) is 12.1 Å². The molecule has 1 unspecified atom stereocenters. The third-order valence-electron chi connectivity index (χ3n) is 4.13. The fraction of sp³-hybridized carbons (Fsp3) is 0.500. The molecule has 1 fully saturated rings. The Bertz CT molecular complexity index is 587. The minimum absolute atomic E-state index is 0.259. The Morgan fingerprint density at radius 3 is 2.80 bits per heavy atom. The molecule has 1 aromatic heterocycles. The van der Waals surface area contributed by atoms with Crippen LogP contribution < -0.4 is 5.32 Å². The van der Waals surface area contributed by atoms with Crippen molar-refractivity contribution in [1.29, 1.82) is 0 Å². The van der Waals surface area contributed by atoms with Gasteiger partial charge in [0.15, 0.2) is 0 Å². The Morgan fingerprint density at radius 1 is 1.30 bits per heavy atom. The van der Waals surface area contributed by atoms with Crippen molar-refractivity contribution in [2.75, 3.05) is 20.1 Å². The van der Waals surface area contributed by atoms with Gasteiger partial charge in [0.2, 0.25) is 0 Å². The van der Waals surface area contributed by atoms with Crippen LogP contribution >= 0.6 is 15.9 Å².